The number of benzene rings is 2. The van der Waals surface area contributed by atoms with Gasteiger partial charge < -0.3 is 15.1 Å². The SMILES string of the molecule is O=C(CCN1CCN(C/C=C/c2ccccc2)CC1)Nc1ccc(N2CCCC2=O)cc1. The lowest BCUT2D eigenvalue weighted by molar-refractivity contribution is -0.117. The Morgan fingerprint density at radius 2 is 1.62 bits per heavy atom. The second-order valence-electron chi connectivity index (χ2n) is 8.45. The van der Waals surface area contributed by atoms with E-state index in [0.29, 0.717) is 12.8 Å². The van der Waals surface area contributed by atoms with Crippen LogP contribution in [0, 0.1) is 0 Å². The second kappa shape index (κ2) is 11.1. The monoisotopic (exact) mass is 432 g/mol. The summed E-state index contributed by atoms with van der Waals surface area (Å²) in [5, 5.41) is 2.97. The molecule has 2 aliphatic rings. The van der Waals surface area contributed by atoms with Crippen molar-refractivity contribution in [2.24, 2.45) is 0 Å². The number of hydrogen-bond acceptors (Lipinski definition) is 4. The first-order chi connectivity index (χ1) is 15.7. The molecule has 2 saturated heterocycles. The average molecular weight is 433 g/mol. The largest absolute Gasteiger partial charge is 0.326 e. The highest BCUT2D eigenvalue weighted by atomic mass is 16.2. The molecule has 2 aromatic rings. The Bertz CT molecular complexity index is 919. The van der Waals surface area contributed by atoms with Crippen LogP contribution in [0.25, 0.3) is 6.08 Å². The number of rotatable bonds is 8. The summed E-state index contributed by atoms with van der Waals surface area (Å²) in [5.74, 6) is 0.206. The Balaban J connectivity index is 1.14. The Hall–Kier alpha value is -2.96. The highest BCUT2D eigenvalue weighted by molar-refractivity contribution is 5.96. The molecule has 168 valence electrons. The van der Waals surface area contributed by atoms with Gasteiger partial charge in [0.2, 0.25) is 11.8 Å². The zero-order valence-corrected chi connectivity index (χ0v) is 18.6. The maximum Gasteiger partial charge on any atom is 0.227 e. The van der Waals surface area contributed by atoms with Crippen LogP contribution in [-0.4, -0.2) is 67.4 Å². The molecule has 2 amide bonds. The zero-order chi connectivity index (χ0) is 22.2. The number of carbonyl (C=O) groups is 2. The van der Waals surface area contributed by atoms with Crippen molar-refractivity contribution in [2.75, 3.05) is 56.0 Å². The molecule has 4 rings (SSSR count). The van der Waals surface area contributed by atoms with Crippen molar-refractivity contribution in [1.82, 2.24) is 9.80 Å². The van der Waals surface area contributed by atoms with Gasteiger partial charge in [0.1, 0.15) is 0 Å². The zero-order valence-electron chi connectivity index (χ0n) is 18.6. The number of anilines is 2. The quantitative estimate of drug-likeness (QED) is 0.694. The number of nitrogens with zero attached hydrogens (tertiary/aromatic N) is 3. The van der Waals surface area contributed by atoms with Gasteiger partial charge in [-0.1, -0.05) is 42.5 Å². The number of piperazine rings is 1. The summed E-state index contributed by atoms with van der Waals surface area (Å²) in [4.78, 5) is 30.8. The van der Waals surface area contributed by atoms with Gasteiger partial charge in [0.25, 0.3) is 0 Å². The molecule has 2 aromatic carbocycles. The van der Waals surface area contributed by atoms with Crippen LogP contribution in [0.15, 0.2) is 60.7 Å². The summed E-state index contributed by atoms with van der Waals surface area (Å²) >= 11 is 0. The number of hydrogen-bond donors (Lipinski definition) is 1. The Kier molecular flexibility index (Phi) is 7.69. The minimum Gasteiger partial charge on any atom is -0.326 e. The standard InChI is InChI=1S/C26H32N4O2/c31-25(27-23-10-12-24(13-11-23)30-16-5-9-26(30)32)14-17-29-20-18-28(19-21-29)15-4-8-22-6-2-1-3-7-22/h1-4,6-8,10-13H,5,9,14-21H2,(H,27,31)/b8-4+. The van der Waals surface area contributed by atoms with E-state index in [1.807, 2.05) is 35.2 Å². The molecule has 0 spiro atoms. The fraction of sp³-hybridized carbons (Fsp3) is 0.385. The molecule has 1 N–H and O–H groups in total. The lowest BCUT2D eigenvalue weighted by Crippen LogP contribution is -2.46. The smallest absolute Gasteiger partial charge is 0.227 e. The first kappa shape index (κ1) is 22.2. The van der Waals surface area contributed by atoms with Crippen LogP contribution in [0.5, 0.6) is 0 Å². The van der Waals surface area contributed by atoms with Gasteiger partial charge >= 0.3 is 0 Å². The molecule has 0 radical (unpaired) electrons. The van der Waals surface area contributed by atoms with E-state index in [-0.39, 0.29) is 11.8 Å². The van der Waals surface area contributed by atoms with Crippen LogP contribution in [0.3, 0.4) is 0 Å². The maximum absolute atomic E-state index is 12.4. The van der Waals surface area contributed by atoms with Gasteiger partial charge in [-0.3, -0.25) is 14.5 Å². The van der Waals surface area contributed by atoms with E-state index in [9.17, 15) is 9.59 Å². The number of carbonyl (C=O) groups excluding carboxylic acids is 2. The van der Waals surface area contributed by atoms with E-state index in [0.717, 1.165) is 63.6 Å². The molecule has 0 atom stereocenters. The van der Waals surface area contributed by atoms with Gasteiger partial charge in [0.05, 0.1) is 0 Å². The molecular formula is C26H32N4O2. The molecule has 0 saturated carbocycles. The fourth-order valence-corrected chi connectivity index (χ4v) is 4.23. The van der Waals surface area contributed by atoms with Gasteiger partial charge in [-0.05, 0) is 36.2 Å². The molecule has 6 nitrogen and oxygen atoms in total. The van der Waals surface area contributed by atoms with Crippen molar-refractivity contribution in [3.63, 3.8) is 0 Å². The van der Waals surface area contributed by atoms with E-state index < -0.39 is 0 Å². The predicted octanol–water partition coefficient (Wildman–Crippen LogP) is 3.47. The topological polar surface area (TPSA) is 55.9 Å². The van der Waals surface area contributed by atoms with Crippen LogP contribution >= 0.6 is 0 Å². The highest BCUT2D eigenvalue weighted by Gasteiger charge is 2.21. The Morgan fingerprint density at radius 3 is 2.31 bits per heavy atom. The van der Waals surface area contributed by atoms with Gasteiger partial charge in [-0.2, -0.15) is 0 Å². The second-order valence-corrected chi connectivity index (χ2v) is 8.45. The predicted molar refractivity (Wildman–Crippen MR) is 130 cm³/mol. The third-order valence-corrected chi connectivity index (χ3v) is 6.13. The van der Waals surface area contributed by atoms with E-state index in [1.165, 1.54) is 5.56 Å². The fourth-order valence-electron chi connectivity index (χ4n) is 4.23. The van der Waals surface area contributed by atoms with E-state index in [1.54, 1.807) is 0 Å². The van der Waals surface area contributed by atoms with Crippen molar-refractivity contribution >= 4 is 29.3 Å². The van der Waals surface area contributed by atoms with Gasteiger partial charge in [0.15, 0.2) is 0 Å². The molecule has 0 aliphatic carbocycles. The molecule has 2 heterocycles. The Labute approximate surface area is 190 Å². The summed E-state index contributed by atoms with van der Waals surface area (Å²) < 4.78 is 0. The van der Waals surface area contributed by atoms with Gasteiger partial charge in [-0.25, -0.2) is 0 Å². The molecule has 2 fully saturated rings. The molecule has 2 aliphatic heterocycles. The first-order valence-corrected chi connectivity index (χ1v) is 11.5. The van der Waals surface area contributed by atoms with Gasteiger partial charge in [-0.15, -0.1) is 0 Å². The summed E-state index contributed by atoms with van der Waals surface area (Å²) in [6.45, 7) is 6.55. The minimum absolute atomic E-state index is 0.0308. The summed E-state index contributed by atoms with van der Waals surface area (Å²) in [6, 6.07) is 17.9. The molecular weight excluding hydrogens is 400 g/mol. The lowest BCUT2D eigenvalue weighted by atomic mass is 10.2. The van der Waals surface area contributed by atoms with Crippen LogP contribution < -0.4 is 10.2 Å². The number of amides is 2. The molecule has 32 heavy (non-hydrogen) atoms. The highest BCUT2D eigenvalue weighted by Crippen LogP contribution is 2.23. The molecule has 0 aromatic heterocycles. The van der Waals surface area contributed by atoms with Crippen molar-refractivity contribution in [2.45, 2.75) is 19.3 Å². The summed E-state index contributed by atoms with van der Waals surface area (Å²) in [7, 11) is 0. The summed E-state index contributed by atoms with van der Waals surface area (Å²) in [6.07, 6.45) is 6.42. The molecule has 6 heteroatoms. The van der Waals surface area contributed by atoms with E-state index >= 15 is 0 Å². The Morgan fingerprint density at radius 1 is 0.906 bits per heavy atom. The molecule has 0 bridgehead atoms. The van der Waals surface area contributed by atoms with Crippen molar-refractivity contribution in [3.8, 4) is 0 Å². The average Bonchev–Trinajstić information content (AvgIpc) is 3.25. The van der Waals surface area contributed by atoms with E-state index in [4.69, 9.17) is 0 Å². The lowest BCUT2D eigenvalue weighted by Gasteiger charge is -2.34. The van der Waals surface area contributed by atoms with Crippen molar-refractivity contribution in [3.05, 3.63) is 66.2 Å². The van der Waals surface area contributed by atoms with Crippen molar-refractivity contribution in [1.29, 1.82) is 0 Å². The third kappa shape index (κ3) is 6.28. The van der Waals surface area contributed by atoms with E-state index in [2.05, 4.69) is 51.5 Å². The van der Waals surface area contributed by atoms with Crippen LogP contribution in [0.1, 0.15) is 24.8 Å². The summed E-state index contributed by atoms with van der Waals surface area (Å²) in [5.41, 5.74) is 2.92. The van der Waals surface area contributed by atoms with Crippen LogP contribution in [0.2, 0.25) is 0 Å². The first-order valence-electron chi connectivity index (χ1n) is 11.5. The van der Waals surface area contributed by atoms with Crippen molar-refractivity contribution < 1.29 is 9.59 Å². The third-order valence-electron chi connectivity index (χ3n) is 6.13. The minimum atomic E-state index is 0.0308. The van der Waals surface area contributed by atoms with Crippen LogP contribution in [-0.2, 0) is 9.59 Å². The normalized spacial score (nSPS) is 17.9. The van der Waals surface area contributed by atoms with Gasteiger partial charge in [0, 0.05) is 70.0 Å². The number of nitrogens with one attached hydrogen (secondary N) is 1. The molecule has 0 unspecified atom stereocenters. The maximum atomic E-state index is 12.4. The van der Waals surface area contributed by atoms with Crippen LogP contribution in [0.4, 0.5) is 11.4 Å².